The van der Waals surface area contributed by atoms with Crippen molar-refractivity contribution in [3.63, 3.8) is 0 Å². The van der Waals surface area contributed by atoms with E-state index in [1.54, 1.807) is 0 Å². The van der Waals surface area contributed by atoms with Gasteiger partial charge in [-0.3, -0.25) is 4.79 Å². The zero-order valence-electron chi connectivity index (χ0n) is 9.46. The van der Waals surface area contributed by atoms with Crippen LogP contribution in [0.2, 0.25) is 0 Å². The Kier molecular flexibility index (Phi) is 8.90. The van der Waals surface area contributed by atoms with Gasteiger partial charge in [0.15, 0.2) is 0 Å². The molecule has 1 unspecified atom stereocenters. The van der Waals surface area contributed by atoms with Crippen molar-refractivity contribution in [1.82, 2.24) is 5.32 Å². The highest BCUT2D eigenvalue weighted by Crippen LogP contribution is 2.01. The van der Waals surface area contributed by atoms with Crippen molar-refractivity contribution >= 4 is 5.91 Å². The molecule has 0 fully saturated rings. The van der Waals surface area contributed by atoms with Crippen LogP contribution in [0.25, 0.3) is 0 Å². The first-order valence-electron chi connectivity index (χ1n) is 5.51. The summed E-state index contributed by atoms with van der Waals surface area (Å²) in [6.07, 6.45) is 8.89. The first kappa shape index (κ1) is 14.0. The molecule has 0 saturated heterocycles. The third-order valence-corrected chi connectivity index (χ3v) is 2.24. The fourth-order valence-corrected chi connectivity index (χ4v) is 1.21. The topological polar surface area (TPSA) is 49.3 Å². The number of nitrogens with one attached hydrogen (secondary N) is 1. The molecule has 3 heteroatoms. The van der Waals surface area contributed by atoms with E-state index in [0.717, 1.165) is 25.7 Å². The Morgan fingerprint density at radius 2 is 2.27 bits per heavy atom. The van der Waals surface area contributed by atoms with Gasteiger partial charge in [0.2, 0.25) is 5.91 Å². The molecule has 0 aromatic carbocycles. The first-order valence-corrected chi connectivity index (χ1v) is 5.51. The molecule has 0 aromatic heterocycles. The highest BCUT2D eigenvalue weighted by Gasteiger charge is 2.04. The van der Waals surface area contributed by atoms with Gasteiger partial charge >= 0.3 is 0 Å². The van der Waals surface area contributed by atoms with Crippen LogP contribution in [0.4, 0.5) is 0 Å². The van der Waals surface area contributed by atoms with Crippen LogP contribution < -0.4 is 5.32 Å². The summed E-state index contributed by atoms with van der Waals surface area (Å²) < 4.78 is 0. The van der Waals surface area contributed by atoms with E-state index in [1.807, 2.05) is 6.92 Å². The van der Waals surface area contributed by atoms with E-state index in [1.165, 1.54) is 0 Å². The second-order valence-electron chi connectivity index (χ2n) is 3.83. The monoisotopic (exact) mass is 211 g/mol. The standard InChI is InChI=1S/C12H21NO2/c1-3-4-5-6-7-12(15)13-10-11(2)8-9-14/h1,11,14H,4-10H2,2H3,(H,13,15). The van der Waals surface area contributed by atoms with Gasteiger partial charge in [-0.05, 0) is 25.2 Å². The van der Waals surface area contributed by atoms with Gasteiger partial charge in [0.25, 0.3) is 0 Å². The number of hydrogen-bond acceptors (Lipinski definition) is 2. The summed E-state index contributed by atoms with van der Waals surface area (Å²) in [5.74, 6) is 2.97. The molecule has 0 saturated carbocycles. The smallest absolute Gasteiger partial charge is 0.220 e. The van der Waals surface area contributed by atoms with E-state index in [4.69, 9.17) is 11.5 Å². The Morgan fingerprint density at radius 3 is 2.87 bits per heavy atom. The molecule has 0 spiro atoms. The molecule has 0 heterocycles. The largest absolute Gasteiger partial charge is 0.396 e. The maximum absolute atomic E-state index is 11.3. The lowest BCUT2D eigenvalue weighted by molar-refractivity contribution is -0.121. The predicted molar refractivity (Wildman–Crippen MR) is 61.2 cm³/mol. The number of aliphatic hydroxyl groups is 1. The summed E-state index contributed by atoms with van der Waals surface area (Å²) in [6, 6.07) is 0. The Balaban J connectivity index is 3.37. The number of terminal acetylenes is 1. The second-order valence-corrected chi connectivity index (χ2v) is 3.83. The van der Waals surface area contributed by atoms with E-state index in [2.05, 4.69) is 11.2 Å². The van der Waals surface area contributed by atoms with Gasteiger partial charge in [-0.1, -0.05) is 6.92 Å². The van der Waals surface area contributed by atoms with Crippen LogP contribution in [0, 0.1) is 18.3 Å². The lowest BCUT2D eigenvalue weighted by Gasteiger charge is -2.10. The fourth-order valence-electron chi connectivity index (χ4n) is 1.21. The number of rotatable bonds is 8. The molecule has 0 aromatic rings. The van der Waals surface area contributed by atoms with Crippen LogP contribution in [-0.4, -0.2) is 24.2 Å². The van der Waals surface area contributed by atoms with Crippen molar-refractivity contribution in [3.05, 3.63) is 0 Å². The second kappa shape index (κ2) is 9.54. The molecule has 1 amide bonds. The lowest BCUT2D eigenvalue weighted by atomic mass is 10.1. The van der Waals surface area contributed by atoms with Crippen molar-refractivity contribution < 1.29 is 9.90 Å². The van der Waals surface area contributed by atoms with Crippen LogP contribution in [0.1, 0.15) is 39.0 Å². The molecule has 0 aliphatic carbocycles. The van der Waals surface area contributed by atoms with Crippen LogP contribution in [-0.2, 0) is 4.79 Å². The number of carbonyl (C=O) groups is 1. The molecule has 1 atom stereocenters. The molecule has 0 radical (unpaired) electrons. The molecule has 0 bridgehead atoms. The highest BCUT2D eigenvalue weighted by atomic mass is 16.3. The van der Waals surface area contributed by atoms with Gasteiger partial charge in [0, 0.05) is 26.0 Å². The molecule has 2 N–H and O–H groups in total. The molecular formula is C12H21NO2. The Labute approximate surface area is 92.3 Å². The quantitative estimate of drug-likeness (QED) is 0.470. The van der Waals surface area contributed by atoms with Gasteiger partial charge in [0.05, 0.1) is 0 Å². The molecule has 0 aliphatic heterocycles. The zero-order valence-corrected chi connectivity index (χ0v) is 9.46. The van der Waals surface area contributed by atoms with Crippen molar-refractivity contribution in [2.45, 2.75) is 39.0 Å². The molecule has 86 valence electrons. The van der Waals surface area contributed by atoms with Crippen molar-refractivity contribution in [2.24, 2.45) is 5.92 Å². The molecular weight excluding hydrogens is 190 g/mol. The van der Waals surface area contributed by atoms with E-state index in [0.29, 0.717) is 18.9 Å². The average molecular weight is 211 g/mol. The van der Waals surface area contributed by atoms with E-state index < -0.39 is 0 Å². The zero-order chi connectivity index (χ0) is 11.5. The van der Waals surface area contributed by atoms with Crippen LogP contribution in [0.3, 0.4) is 0 Å². The molecule has 0 rings (SSSR count). The molecule has 15 heavy (non-hydrogen) atoms. The minimum Gasteiger partial charge on any atom is -0.396 e. The Morgan fingerprint density at radius 1 is 1.53 bits per heavy atom. The molecule has 3 nitrogen and oxygen atoms in total. The van der Waals surface area contributed by atoms with Crippen LogP contribution in [0.5, 0.6) is 0 Å². The van der Waals surface area contributed by atoms with Gasteiger partial charge in [-0.15, -0.1) is 12.3 Å². The maximum atomic E-state index is 11.3. The third kappa shape index (κ3) is 9.30. The summed E-state index contributed by atoms with van der Waals surface area (Å²) in [4.78, 5) is 11.3. The summed E-state index contributed by atoms with van der Waals surface area (Å²) in [6.45, 7) is 2.84. The molecule has 0 aliphatic rings. The van der Waals surface area contributed by atoms with E-state index in [-0.39, 0.29) is 12.5 Å². The SMILES string of the molecule is C#CCCCCC(=O)NCC(C)CCO. The van der Waals surface area contributed by atoms with Crippen molar-refractivity contribution in [1.29, 1.82) is 0 Å². The number of aliphatic hydroxyl groups excluding tert-OH is 1. The highest BCUT2D eigenvalue weighted by molar-refractivity contribution is 5.75. The minimum atomic E-state index is 0.0804. The van der Waals surface area contributed by atoms with E-state index in [9.17, 15) is 4.79 Å². The van der Waals surface area contributed by atoms with Crippen molar-refractivity contribution in [2.75, 3.05) is 13.2 Å². The van der Waals surface area contributed by atoms with Gasteiger partial charge in [-0.25, -0.2) is 0 Å². The van der Waals surface area contributed by atoms with Gasteiger partial charge < -0.3 is 10.4 Å². The summed E-state index contributed by atoms with van der Waals surface area (Å²) >= 11 is 0. The number of amides is 1. The maximum Gasteiger partial charge on any atom is 0.220 e. The first-order chi connectivity index (χ1) is 7.20. The third-order valence-electron chi connectivity index (χ3n) is 2.24. The van der Waals surface area contributed by atoms with Crippen LogP contribution in [0.15, 0.2) is 0 Å². The number of hydrogen-bond donors (Lipinski definition) is 2. The normalized spacial score (nSPS) is 11.8. The van der Waals surface area contributed by atoms with Gasteiger partial charge in [0.1, 0.15) is 0 Å². The number of carbonyl (C=O) groups excluding carboxylic acids is 1. The van der Waals surface area contributed by atoms with Gasteiger partial charge in [-0.2, -0.15) is 0 Å². The fraction of sp³-hybridized carbons (Fsp3) is 0.750. The predicted octanol–water partition coefficient (Wildman–Crippen LogP) is 1.31. The summed E-state index contributed by atoms with van der Waals surface area (Å²) in [5.41, 5.74) is 0. The summed E-state index contributed by atoms with van der Waals surface area (Å²) in [5, 5.41) is 11.5. The van der Waals surface area contributed by atoms with Crippen molar-refractivity contribution in [3.8, 4) is 12.3 Å². The number of unbranched alkanes of at least 4 members (excludes halogenated alkanes) is 2. The minimum absolute atomic E-state index is 0.0804. The summed E-state index contributed by atoms with van der Waals surface area (Å²) in [7, 11) is 0. The average Bonchev–Trinajstić information content (AvgIpc) is 2.22. The van der Waals surface area contributed by atoms with Crippen LogP contribution >= 0.6 is 0 Å². The van der Waals surface area contributed by atoms with E-state index >= 15 is 0 Å². The Hall–Kier alpha value is -1.01. The Bertz CT molecular complexity index is 208. The lowest BCUT2D eigenvalue weighted by Crippen LogP contribution is -2.28.